The van der Waals surface area contributed by atoms with Gasteiger partial charge in [-0.1, -0.05) is 36.1 Å². The highest BCUT2D eigenvalue weighted by atomic mass is 35.5. The van der Waals surface area contributed by atoms with Crippen LogP contribution < -0.4 is 5.73 Å². The van der Waals surface area contributed by atoms with E-state index in [9.17, 15) is 14.7 Å². The lowest BCUT2D eigenvalue weighted by molar-refractivity contribution is -0.132. The third-order valence-electron chi connectivity index (χ3n) is 7.61. The van der Waals surface area contributed by atoms with Crippen LogP contribution in [0.3, 0.4) is 0 Å². The minimum Gasteiger partial charge on any atom is -0.397 e. The Labute approximate surface area is 236 Å². The molecular weight excluding hydrogens is 516 g/mol. The number of carbonyl (C=O) groups is 2. The maximum Gasteiger partial charge on any atom is 0.220 e. The van der Waals surface area contributed by atoms with Crippen LogP contribution in [-0.4, -0.2) is 33.8 Å². The molecule has 1 aliphatic carbocycles. The predicted octanol–water partition coefficient (Wildman–Crippen LogP) is 6.33. The van der Waals surface area contributed by atoms with Crippen LogP contribution in [0.5, 0.6) is 0 Å². The van der Waals surface area contributed by atoms with Gasteiger partial charge in [0.1, 0.15) is 5.78 Å². The zero-order valence-electron chi connectivity index (χ0n) is 22.6. The van der Waals surface area contributed by atoms with Crippen molar-refractivity contribution in [1.82, 2.24) is 4.90 Å². The first-order valence-electron chi connectivity index (χ1n) is 13.4. The van der Waals surface area contributed by atoms with E-state index >= 15 is 0 Å². The van der Waals surface area contributed by atoms with Gasteiger partial charge in [-0.2, -0.15) is 0 Å². The number of halogens is 1. The van der Waals surface area contributed by atoms with Crippen molar-refractivity contribution in [2.45, 2.75) is 90.8 Å². The first-order chi connectivity index (χ1) is 18.1. The minimum absolute atomic E-state index is 0.0280. The maximum absolute atomic E-state index is 12.5. The molecule has 2 unspecified atom stereocenters. The summed E-state index contributed by atoms with van der Waals surface area (Å²) in [6.45, 7) is 6.04. The van der Waals surface area contributed by atoms with Gasteiger partial charge in [-0.25, -0.2) is 0 Å². The quantitative estimate of drug-likeness (QED) is 0.182. The number of aliphatic hydroxyl groups is 1. The lowest BCUT2D eigenvalue weighted by Gasteiger charge is -2.33. The average Bonchev–Trinajstić information content (AvgIpc) is 3.35. The highest BCUT2D eigenvalue weighted by molar-refractivity contribution is 7.10. The van der Waals surface area contributed by atoms with E-state index in [1.54, 1.807) is 37.3 Å². The third-order valence-corrected chi connectivity index (χ3v) is 8.87. The molecule has 0 saturated carbocycles. The summed E-state index contributed by atoms with van der Waals surface area (Å²) >= 11 is 7.94. The van der Waals surface area contributed by atoms with Crippen molar-refractivity contribution in [2.24, 2.45) is 5.92 Å². The molecule has 1 amide bonds. The Morgan fingerprint density at radius 2 is 2.11 bits per heavy atom. The van der Waals surface area contributed by atoms with Gasteiger partial charge in [0, 0.05) is 29.3 Å². The Bertz CT molecular complexity index is 1210. The van der Waals surface area contributed by atoms with E-state index in [0.29, 0.717) is 42.1 Å². The Morgan fingerprint density at radius 1 is 1.34 bits per heavy atom. The second-order valence-corrected chi connectivity index (χ2v) is 11.7. The van der Waals surface area contributed by atoms with Gasteiger partial charge in [-0.05, 0) is 93.0 Å². The molecule has 7 heteroatoms. The summed E-state index contributed by atoms with van der Waals surface area (Å²) in [5.74, 6) is 2.36. The summed E-state index contributed by atoms with van der Waals surface area (Å²) in [6.07, 6.45) is 13.1. The molecule has 0 saturated heterocycles. The second-order valence-electron chi connectivity index (χ2n) is 10.3. The number of ketones is 1. The molecule has 0 fully saturated rings. The number of thiophene rings is 1. The molecule has 0 bridgehead atoms. The number of benzene rings is 1. The fourth-order valence-corrected chi connectivity index (χ4v) is 6.46. The number of allylic oxidation sites excluding steroid dienone is 1. The number of terminal acetylenes is 1. The van der Waals surface area contributed by atoms with Crippen LogP contribution in [0.2, 0.25) is 5.02 Å². The fourth-order valence-electron chi connectivity index (χ4n) is 5.24. The number of carbonyl (C=O) groups excluding carboxylic acids is 2. The number of hydrogen-bond acceptors (Lipinski definition) is 5. The van der Waals surface area contributed by atoms with Crippen molar-refractivity contribution >= 4 is 40.3 Å². The number of nitrogen functional groups attached to an aromatic ring is 1. The summed E-state index contributed by atoms with van der Waals surface area (Å²) in [5, 5.41) is 13.3. The van der Waals surface area contributed by atoms with Crippen molar-refractivity contribution in [1.29, 1.82) is 0 Å². The number of aliphatic hydroxyl groups excluding tert-OH is 1. The number of aryl methyl sites for hydroxylation is 1. The number of anilines is 1. The van der Waals surface area contributed by atoms with Gasteiger partial charge in [0.05, 0.1) is 23.4 Å². The summed E-state index contributed by atoms with van der Waals surface area (Å²) in [5.41, 5.74) is 10.3. The largest absolute Gasteiger partial charge is 0.397 e. The van der Waals surface area contributed by atoms with Crippen LogP contribution >= 0.6 is 22.9 Å². The first-order valence-corrected chi connectivity index (χ1v) is 14.6. The molecule has 1 aromatic heterocycles. The van der Waals surface area contributed by atoms with Crippen molar-refractivity contribution < 1.29 is 14.7 Å². The molecule has 204 valence electrons. The molecule has 5 nitrogen and oxygen atoms in total. The number of amides is 1. The Morgan fingerprint density at radius 3 is 2.71 bits per heavy atom. The molecular formula is C31H39ClN2O3S. The summed E-state index contributed by atoms with van der Waals surface area (Å²) in [7, 11) is 0. The number of nitrogens with two attached hydrogens (primary N) is 1. The molecule has 1 aromatic carbocycles. The number of nitrogens with zero attached hydrogens (tertiary/aromatic N) is 1. The molecule has 3 N–H and O–H groups in total. The Kier molecular flexibility index (Phi) is 11.0. The minimum atomic E-state index is -0.584. The van der Waals surface area contributed by atoms with E-state index in [0.717, 1.165) is 37.7 Å². The lowest BCUT2D eigenvalue weighted by Crippen LogP contribution is -2.39. The second kappa shape index (κ2) is 14.0. The van der Waals surface area contributed by atoms with Crippen molar-refractivity contribution in [3.8, 4) is 12.3 Å². The van der Waals surface area contributed by atoms with Crippen LogP contribution in [0, 0.1) is 18.3 Å². The average molecular weight is 555 g/mol. The van der Waals surface area contributed by atoms with Crippen molar-refractivity contribution in [2.75, 3.05) is 5.73 Å². The monoisotopic (exact) mass is 554 g/mol. The SMILES string of the molecule is C#Cc1cc(C[C@@H](CC(O)CCC2=CCC(N(Cc3sccc3CC)C(C)=O)CC2)C(C)=O)cc(Cl)c1N. The molecule has 3 atom stereocenters. The summed E-state index contributed by atoms with van der Waals surface area (Å²) in [4.78, 5) is 28.1. The molecule has 3 rings (SSSR count). The van der Waals surface area contributed by atoms with Crippen LogP contribution in [-0.2, 0) is 29.0 Å². The van der Waals surface area contributed by atoms with Gasteiger partial charge in [0.15, 0.2) is 0 Å². The topological polar surface area (TPSA) is 83.6 Å². The van der Waals surface area contributed by atoms with Gasteiger partial charge in [0.25, 0.3) is 0 Å². The number of hydrogen-bond donors (Lipinski definition) is 2. The standard InChI is InChI=1S/C31H39ClN2O3S/c1-5-24-13-14-38-30(24)19-34(21(4)36)27-10-7-22(8-11-27)9-12-28(37)18-26(20(3)35)16-23-15-25(6-2)31(33)29(32)17-23/h2,7,13-15,17,26-28,37H,5,8-12,16,18-19,33H2,1,3-4H3/t26-,27?,28?/m0/s1. The zero-order chi connectivity index (χ0) is 27.8. The predicted molar refractivity (Wildman–Crippen MR) is 157 cm³/mol. The molecule has 0 radical (unpaired) electrons. The highest BCUT2D eigenvalue weighted by Crippen LogP contribution is 2.30. The van der Waals surface area contributed by atoms with E-state index < -0.39 is 6.10 Å². The van der Waals surface area contributed by atoms with Crippen LogP contribution in [0.15, 0.2) is 35.2 Å². The molecule has 1 heterocycles. The third kappa shape index (κ3) is 7.96. The normalized spacial score (nSPS) is 16.8. The van der Waals surface area contributed by atoms with Crippen molar-refractivity contribution in [3.63, 3.8) is 0 Å². The first kappa shape index (κ1) is 30.0. The highest BCUT2D eigenvalue weighted by Gasteiger charge is 2.25. The maximum atomic E-state index is 12.5. The van der Waals surface area contributed by atoms with E-state index in [2.05, 4.69) is 30.4 Å². The summed E-state index contributed by atoms with van der Waals surface area (Å²) < 4.78 is 0. The number of rotatable bonds is 12. The van der Waals surface area contributed by atoms with Gasteiger partial charge in [0.2, 0.25) is 5.91 Å². The van der Waals surface area contributed by atoms with Gasteiger partial charge in [-0.3, -0.25) is 9.59 Å². The van der Waals surface area contributed by atoms with E-state index in [-0.39, 0.29) is 23.7 Å². The molecule has 2 aromatic rings. The van der Waals surface area contributed by atoms with E-state index in [4.69, 9.17) is 23.8 Å². The molecule has 38 heavy (non-hydrogen) atoms. The molecule has 0 spiro atoms. The van der Waals surface area contributed by atoms with Crippen LogP contribution in [0.25, 0.3) is 0 Å². The molecule has 0 aliphatic heterocycles. The van der Waals surface area contributed by atoms with Gasteiger partial charge in [-0.15, -0.1) is 17.8 Å². The fraction of sp³-hybridized carbons (Fsp3) is 0.484. The number of Topliss-reactive ketones (excluding diaryl/α,β-unsaturated/α-hetero) is 1. The van der Waals surface area contributed by atoms with Gasteiger partial charge < -0.3 is 15.7 Å². The lowest BCUT2D eigenvalue weighted by atomic mass is 9.87. The van der Waals surface area contributed by atoms with Crippen LogP contribution in [0.1, 0.15) is 80.9 Å². The van der Waals surface area contributed by atoms with E-state index in [1.165, 1.54) is 16.0 Å². The van der Waals surface area contributed by atoms with Gasteiger partial charge >= 0.3 is 0 Å². The summed E-state index contributed by atoms with van der Waals surface area (Å²) in [6, 6.07) is 5.89. The zero-order valence-corrected chi connectivity index (χ0v) is 24.2. The Hall–Kier alpha value is -2.59. The van der Waals surface area contributed by atoms with E-state index in [1.807, 2.05) is 4.90 Å². The molecule has 1 aliphatic rings. The van der Waals surface area contributed by atoms with Crippen LogP contribution in [0.4, 0.5) is 5.69 Å². The Balaban J connectivity index is 1.54. The van der Waals surface area contributed by atoms with Crippen molar-refractivity contribution in [3.05, 3.63) is 61.8 Å². The smallest absolute Gasteiger partial charge is 0.220 e.